The van der Waals surface area contributed by atoms with E-state index in [1.165, 1.54) is 6.39 Å². The Labute approximate surface area is 86.3 Å². The number of hydrogen-bond donors (Lipinski definition) is 0. The van der Waals surface area contributed by atoms with E-state index < -0.39 is 0 Å². The fraction of sp³-hybridized carbons (Fsp3) is 0.100. The minimum Gasteiger partial charge on any atom is -0.486 e. The molecule has 0 radical (unpaired) electrons. The zero-order chi connectivity index (χ0) is 9.80. The highest BCUT2D eigenvalue weighted by Gasteiger charge is 1.98. The van der Waals surface area contributed by atoms with Gasteiger partial charge in [-0.15, -0.1) is 0 Å². The molecule has 0 atom stereocenters. The summed E-state index contributed by atoms with van der Waals surface area (Å²) in [5.74, 6) is 1.40. The van der Waals surface area contributed by atoms with Crippen LogP contribution >= 0.6 is 11.6 Å². The Kier molecular flexibility index (Phi) is 2.70. The predicted octanol–water partition coefficient (Wildman–Crippen LogP) is 2.91. The summed E-state index contributed by atoms with van der Waals surface area (Å²) < 4.78 is 10.4. The third-order valence-corrected chi connectivity index (χ3v) is 1.90. The minimum atomic E-state index is 0.361. The van der Waals surface area contributed by atoms with Gasteiger partial charge in [-0.3, -0.25) is 0 Å². The maximum Gasteiger partial charge on any atom is 0.181 e. The van der Waals surface area contributed by atoms with Crippen molar-refractivity contribution in [3.8, 4) is 5.75 Å². The third kappa shape index (κ3) is 2.26. The van der Waals surface area contributed by atoms with Crippen LogP contribution in [0.25, 0.3) is 0 Å². The summed E-state index contributed by atoms with van der Waals surface area (Å²) in [5, 5.41) is 0.653. The van der Waals surface area contributed by atoms with Crippen molar-refractivity contribution in [2.24, 2.45) is 0 Å². The van der Waals surface area contributed by atoms with Gasteiger partial charge in [0.2, 0.25) is 0 Å². The lowest BCUT2D eigenvalue weighted by Gasteiger charge is -2.03. The molecule has 0 amide bonds. The maximum absolute atomic E-state index is 5.79. The number of aromatic nitrogens is 1. The monoisotopic (exact) mass is 209 g/mol. The second-order valence-electron chi connectivity index (χ2n) is 2.71. The van der Waals surface area contributed by atoms with E-state index >= 15 is 0 Å². The summed E-state index contributed by atoms with van der Waals surface area (Å²) in [7, 11) is 0. The van der Waals surface area contributed by atoms with Gasteiger partial charge in [-0.25, -0.2) is 4.98 Å². The van der Waals surface area contributed by atoms with Crippen LogP contribution in [-0.2, 0) is 6.61 Å². The topological polar surface area (TPSA) is 35.3 Å². The van der Waals surface area contributed by atoms with Crippen molar-refractivity contribution in [2.75, 3.05) is 0 Å². The van der Waals surface area contributed by atoms with Crippen LogP contribution in [0.1, 0.15) is 5.76 Å². The molecule has 0 aliphatic heterocycles. The molecular formula is C10H8ClNO2. The van der Waals surface area contributed by atoms with Gasteiger partial charge >= 0.3 is 0 Å². The summed E-state index contributed by atoms with van der Waals surface area (Å²) in [4.78, 5) is 3.78. The Bertz CT molecular complexity index is 400. The lowest BCUT2D eigenvalue weighted by atomic mass is 10.3. The van der Waals surface area contributed by atoms with Crippen molar-refractivity contribution in [1.82, 2.24) is 4.98 Å². The van der Waals surface area contributed by atoms with Crippen molar-refractivity contribution in [3.63, 3.8) is 0 Å². The summed E-state index contributed by atoms with van der Waals surface area (Å²) >= 11 is 5.79. The maximum atomic E-state index is 5.79. The van der Waals surface area contributed by atoms with E-state index in [0.717, 1.165) is 0 Å². The zero-order valence-corrected chi connectivity index (χ0v) is 8.07. The molecule has 1 aromatic carbocycles. The molecule has 0 bridgehead atoms. The van der Waals surface area contributed by atoms with E-state index in [1.54, 1.807) is 18.3 Å². The molecule has 14 heavy (non-hydrogen) atoms. The first-order valence-electron chi connectivity index (χ1n) is 4.10. The van der Waals surface area contributed by atoms with Crippen LogP contribution < -0.4 is 4.74 Å². The first kappa shape index (κ1) is 9.09. The van der Waals surface area contributed by atoms with Crippen LogP contribution in [-0.4, -0.2) is 4.98 Å². The Morgan fingerprint density at radius 3 is 3.07 bits per heavy atom. The molecule has 0 fully saturated rings. The molecule has 72 valence electrons. The first-order valence-corrected chi connectivity index (χ1v) is 4.48. The average Bonchev–Trinajstić information content (AvgIpc) is 2.67. The van der Waals surface area contributed by atoms with Crippen LogP contribution in [0.3, 0.4) is 0 Å². The molecule has 0 spiro atoms. The van der Waals surface area contributed by atoms with Crippen molar-refractivity contribution in [3.05, 3.63) is 47.6 Å². The fourth-order valence-electron chi connectivity index (χ4n) is 1.02. The largest absolute Gasteiger partial charge is 0.486 e. The standard InChI is InChI=1S/C10H8ClNO2/c11-8-2-1-3-9(4-8)13-6-10-5-12-7-14-10/h1-5,7H,6H2. The Hall–Kier alpha value is -1.48. The molecule has 0 saturated carbocycles. The predicted molar refractivity (Wildman–Crippen MR) is 52.3 cm³/mol. The second-order valence-corrected chi connectivity index (χ2v) is 3.15. The average molecular weight is 210 g/mol. The molecule has 0 unspecified atom stereocenters. The lowest BCUT2D eigenvalue weighted by molar-refractivity contribution is 0.270. The van der Waals surface area contributed by atoms with E-state index in [4.69, 9.17) is 20.8 Å². The van der Waals surface area contributed by atoms with Gasteiger partial charge in [0, 0.05) is 5.02 Å². The van der Waals surface area contributed by atoms with E-state index in [2.05, 4.69) is 4.98 Å². The fourth-order valence-corrected chi connectivity index (χ4v) is 1.20. The van der Waals surface area contributed by atoms with E-state index in [9.17, 15) is 0 Å². The highest BCUT2D eigenvalue weighted by molar-refractivity contribution is 6.30. The first-order chi connectivity index (χ1) is 6.84. The smallest absolute Gasteiger partial charge is 0.181 e. The molecule has 0 aliphatic carbocycles. The molecule has 0 aliphatic rings. The summed E-state index contributed by atoms with van der Waals surface area (Å²) in [5.41, 5.74) is 0. The van der Waals surface area contributed by atoms with Gasteiger partial charge in [0.05, 0.1) is 6.20 Å². The molecule has 0 saturated heterocycles. The van der Waals surface area contributed by atoms with Crippen LogP contribution in [0.4, 0.5) is 0 Å². The molecule has 0 N–H and O–H groups in total. The number of oxazole rings is 1. The number of ether oxygens (including phenoxy) is 1. The number of rotatable bonds is 3. The number of benzene rings is 1. The molecule has 1 heterocycles. The highest BCUT2D eigenvalue weighted by Crippen LogP contribution is 2.18. The summed E-state index contributed by atoms with van der Waals surface area (Å²) in [6, 6.07) is 7.21. The van der Waals surface area contributed by atoms with Gasteiger partial charge in [0.1, 0.15) is 12.4 Å². The second kappa shape index (κ2) is 4.15. The highest BCUT2D eigenvalue weighted by atomic mass is 35.5. The zero-order valence-electron chi connectivity index (χ0n) is 7.31. The molecule has 1 aromatic heterocycles. The molecule has 2 rings (SSSR count). The Morgan fingerprint density at radius 2 is 2.36 bits per heavy atom. The minimum absolute atomic E-state index is 0.361. The van der Waals surface area contributed by atoms with Crippen LogP contribution in [0.15, 0.2) is 41.3 Å². The molecular weight excluding hydrogens is 202 g/mol. The van der Waals surface area contributed by atoms with E-state index in [-0.39, 0.29) is 0 Å². The Balaban J connectivity index is 1.98. The van der Waals surface area contributed by atoms with Crippen LogP contribution in [0.5, 0.6) is 5.75 Å². The quantitative estimate of drug-likeness (QED) is 0.780. The van der Waals surface area contributed by atoms with Gasteiger partial charge in [-0.05, 0) is 18.2 Å². The summed E-state index contributed by atoms with van der Waals surface area (Å²) in [6.45, 7) is 0.361. The SMILES string of the molecule is Clc1cccc(OCc2cnco2)c1. The molecule has 2 aromatic rings. The van der Waals surface area contributed by atoms with Crippen molar-refractivity contribution in [1.29, 1.82) is 0 Å². The van der Waals surface area contributed by atoms with Gasteiger partial charge in [-0.2, -0.15) is 0 Å². The number of nitrogens with zero attached hydrogens (tertiary/aromatic N) is 1. The molecule has 4 heteroatoms. The Morgan fingerprint density at radius 1 is 1.43 bits per heavy atom. The summed E-state index contributed by atoms with van der Waals surface area (Å²) in [6.07, 6.45) is 2.99. The van der Waals surface area contributed by atoms with Crippen molar-refractivity contribution in [2.45, 2.75) is 6.61 Å². The third-order valence-electron chi connectivity index (χ3n) is 1.66. The van der Waals surface area contributed by atoms with Gasteiger partial charge in [-0.1, -0.05) is 17.7 Å². The van der Waals surface area contributed by atoms with Crippen LogP contribution in [0, 0.1) is 0 Å². The van der Waals surface area contributed by atoms with E-state index in [0.29, 0.717) is 23.1 Å². The normalized spacial score (nSPS) is 10.1. The van der Waals surface area contributed by atoms with Gasteiger partial charge < -0.3 is 9.15 Å². The van der Waals surface area contributed by atoms with Crippen LogP contribution in [0.2, 0.25) is 5.02 Å². The number of hydrogen-bond acceptors (Lipinski definition) is 3. The van der Waals surface area contributed by atoms with E-state index in [1.807, 2.05) is 12.1 Å². The number of halogens is 1. The lowest BCUT2D eigenvalue weighted by Crippen LogP contribution is -1.93. The van der Waals surface area contributed by atoms with Gasteiger partial charge in [0.15, 0.2) is 12.2 Å². The van der Waals surface area contributed by atoms with Gasteiger partial charge in [0.25, 0.3) is 0 Å². The molecule has 3 nitrogen and oxygen atoms in total. The van der Waals surface area contributed by atoms with Crippen molar-refractivity contribution >= 4 is 11.6 Å². The van der Waals surface area contributed by atoms with Crippen molar-refractivity contribution < 1.29 is 9.15 Å².